The Kier molecular flexibility index (Phi) is 74.4. The van der Waals surface area contributed by atoms with E-state index in [2.05, 4.69) is 76.3 Å². The van der Waals surface area contributed by atoms with Gasteiger partial charge in [-0.05, 0) is 190 Å². The number of rotatable bonds is 74. The largest absolute Gasteiger partial charge is 2.00 e. The van der Waals surface area contributed by atoms with Crippen LogP contribution in [0.4, 0.5) is 0 Å². The van der Waals surface area contributed by atoms with Gasteiger partial charge < -0.3 is 28.1 Å². The summed E-state index contributed by atoms with van der Waals surface area (Å²) in [5.74, 6) is -3.16. The van der Waals surface area contributed by atoms with Crippen LogP contribution in [0.25, 0.3) is 0 Å². The van der Waals surface area contributed by atoms with E-state index in [1.54, 1.807) is 0 Å². The Labute approximate surface area is 696 Å². The molecule has 2 aromatic rings. The number of carbonyl (C=O) groups is 4. The maximum absolute atomic E-state index is 12.9. The van der Waals surface area contributed by atoms with Crippen LogP contribution < -0.4 is 0 Å². The minimum Gasteiger partial charge on any atom is -0.744 e. The molecule has 0 heterocycles. The summed E-state index contributed by atoms with van der Waals surface area (Å²) in [5.41, 5.74) is -0.733. The molecule has 17 heteroatoms. The van der Waals surface area contributed by atoms with E-state index in [1.165, 1.54) is 257 Å². The molecule has 0 aromatic heterocycles. The van der Waals surface area contributed by atoms with Gasteiger partial charge in [0.15, 0.2) is 0 Å². The second kappa shape index (κ2) is 77.0. The molecule has 0 aliphatic rings. The average Bonchev–Trinajstić information content (AvgIpc) is 0.815. The van der Waals surface area contributed by atoms with Gasteiger partial charge in [-0.2, -0.15) is 0 Å². The SMILES string of the molecule is CCCCCCCCCCCC/C=C/CCCCCOC(=O)c1ccc(S(=O)(=O)[O-])cc1C(=O)OCCCCC/C=C/CCCCCCCCCCCC.CCCCCCCCCCCC/C=C/CCCCCOC(=O)c1ccc(S(=O)(=O)[O-])cc1C(=O)OCCCCC/C=C/CCCCCCCCCCCC.[Ca+2]. The zero-order chi connectivity index (χ0) is 78.8. The van der Waals surface area contributed by atoms with Gasteiger partial charge in [-0.1, -0.05) is 307 Å². The molecule has 14 nitrogen and oxygen atoms in total. The maximum Gasteiger partial charge on any atom is 2.00 e. The zero-order valence-electron chi connectivity index (χ0n) is 69.6. The summed E-state index contributed by atoms with van der Waals surface area (Å²) in [4.78, 5) is 50.4. The molecule has 0 saturated heterocycles. The van der Waals surface area contributed by atoms with Gasteiger partial charge in [0.05, 0.1) is 58.5 Å². The fourth-order valence-electron chi connectivity index (χ4n) is 13.1. The molecule has 0 atom stereocenters. The maximum atomic E-state index is 12.9. The Bertz CT molecular complexity index is 2670. The summed E-state index contributed by atoms with van der Waals surface area (Å²) >= 11 is 0. The molecule has 0 aliphatic carbocycles. The van der Waals surface area contributed by atoms with Crippen LogP contribution in [0, 0.1) is 0 Å². The van der Waals surface area contributed by atoms with Gasteiger partial charge in [-0.3, -0.25) is 0 Å². The van der Waals surface area contributed by atoms with Crippen LogP contribution in [0.5, 0.6) is 0 Å². The summed E-state index contributed by atoms with van der Waals surface area (Å²) in [6.07, 6.45) is 90.3. The number of esters is 4. The summed E-state index contributed by atoms with van der Waals surface area (Å²) in [6, 6.07) is 6.21. The monoisotopic (exact) mass is 1590 g/mol. The van der Waals surface area contributed by atoms with E-state index in [0.717, 1.165) is 139 Å². The van der Waals surface area contributed by atoms with Crippen LogP contribution in [0.2, 0.25) is 0 Å². The molecule has 0 fully saturated rings. The topological polar surface area (TPSA) is 220 Å². The van der Waals surface area contributed by atoms with Crippen LogP contribution in [0.1, 0.15) is 454 Å². The first-order valence-corrected chi connectivity index (χ1v) is 46.9. The summed E-state index contributed by atoms with van der Waals surface area (Å²) in [6.45, 7) is 9.67. The third-order valence-corrected chi connectivity index (χ3v) is 21.7. The van der Waals surface area contributed by atoms with E-state index in [1.807, 2.05) is 0 Å². The molecule has 0 bridgehead atoms. The second-order valence-electron chi connectivity index (χ2n) is 30.0. The molecule has 109 heavy (non-hydrogen) atoms. The normalized spacial score (nSPS) is 11.8. The predicted molar refractivity (Wildman–Crippen MR) is 452 cm³/mol. The Hall–Kier alpha value is -3.64. The number of hydrogen-bond donors (Lipinski definition) is 0. The van der Waals surface area contributed by atoms with E-state index in [0.29, 0.717) is 25.7 Å². The average molecular weight is 1590 g/mol. The molecule has 0 radical (unpaired) electrons. The van der Waals surface area contributed by atoms with E-state index >= 15 is 0 Å². The van der Waals surface area contributed by atoms with Crippen LogP contribution >= 0.6 is 0 Å². The Morgan fingerprint density at radius 3 is 0.578 bits per heavy atom. The number of benzene rings is 2. The zero-order valence-corrected chi connectivity index (χ0v) is 73.4. The Morgan fingerprint density at radius 2 is 0.404 bits per heavy atom. The van der Waals surface area contributed by atoms with Gasteiger partial charge in [0.2, 0.25) is 0 Å². The van der Waals surface area contributed by atoms with Gasteiger partial charge in [-0.15, -0.1) is 0 Å². The number of ether oxygens (including phenoxy) is 4. The van der Waals surface area contributed by atoms with Crippen molar-refractivity contribution in [2.45, 2.75) is 423 Å². The van der Waals surface area contributed by atoms with Gasteiger partial charge in [0.25, 0.3) is 0 Å². The standard InChI is InChI=1S/2C46H78O7S.Ca/c2*1-3-5-7-9-11-13-15-17-19-21-23-25-27-29-31-33-35-39-52-45(47)43-38-37-42(54(49,50)51)41-44(43)46(48)53-40-36-34-32-30-28-26-24-22-20-18-16-14-12-10-8-6-4-2;/h2*25-28,37-38,41H,3-24,29-36,39-40H2,1-2H3,(H,49,50,51);/q;;+2/p-2/b2*27-25+,28-26+;. The molecular formula is C92H154CaO14S2. The van der Waals surface area contributed by atoms with Crippen molar-refractivity contribution in [2.24, 2.45) is 0 Å². The first-order valence-electron chi connectivity index (χ1n) is 44.1. The van der Waals surface area contributed by atoms with Crippen molar-refractivity contribution in [3.05, 3.63) is 107 Å². The van der Waals surface area contributed by atoms with E-state index in [-0.39, 0.29) is 86.4 Å². The summed E-state index contributed by atoms with van der Waals surface area (Å²) in [7, 11) is -9.65. The second-order valence-corrected chi connectivity index (χ2v) is 32.8. The fourth-order valence-corrected chi connectivity index (χ4v) is 14.1. The molecule has 0 spiro atoms. The van der Waals surface area contributed by atoms with Gasteiger partial charge in [-0.25, -0.2) is 36.0 Å². The van der Waals surface area contributed by atoms with Gasteiger partial charge >= 0.3 is 61.6 Å². The van der Waals surface area contributed by atoms with Crippen LogP contribution in [0.15, 0.2) is 94.8 Å². The molecule has 620 valence electrons. The van der Waals surface area contributed by atoms with Gasteiger partial charge in [0.1, 0.15) is 20.2 Å². The fraction of sp³-hybridized carbons (Fsp3) is 0.739. The minimum atomic E-state index is -4.82. The number of hydrogen-bond acceptors (Lipinski definition) is 14. The van der Waals surface area contributed by atoms with Crippen LogP contribution in [0.3, 0.4) is 0 Å². The third-order valence-electron chi connectivity index (χ3n) is 20.0. The Balaban J connectivity index is 0.00000212. The van der Waals surface area contributed by atoms with Crippen molar-refractivity contribution < 1.29 is 64.1 Å². The van der Waals surface area contributed by atoms with Crippen molar-refractivity contribution in [3.8, 4) is 0 Å². The molecule has 0 N–H and O–H groups in total. The molecular weight excluding hydrogens is 1430 g/mol. The molecule has 0 aliphatic heterocycles. The van der Waals surface area contributed by atoms with Crippen molar-refractivity contribution in [2.75, 3.05) is 26.4 Å². The molecule has 0 unspecified atom stereocenters. The predicted octanol–water partition coefficient (Wildman–Crippen LogP) is 27.1. The molecule has 2 aromatic carbocycles. The van der Waals surface area contributed by atoms with Crippen LogP contribution in [-0.2, 0) is 39.2 Å². The van der Waals surface area contributed by atoms with Gasteiger partial charge in [0, 0.05) is 0 Å². The first-order chi connectivity index (χ1) is 52.6. The van der Waals surface area contributed by atoms with E-state index in [9.17, 15) is 45.1 Å². The smallest absolute Gasteiger partial charge is 0.744 e. The van der Waals surface area contributed by atoms with Crippen molar-refractivity contribution in [3.63, 3.8) is 0 Å². The van der Waals surface area contributed by atoms with Crippen molar-refractivity contribution in [1.82, 2.24) is 0 Å². The van der Waals surface area contributed by atoms with Crippen molar-refractivity contribution in [1.29, 1.82) is 0 Å². The molecule has 2 rings (SSSR count). The minimum absolute atomic E-state index is 0. The summed E-state index contributed by atoms with van der Waals surface area (Å²) in [5, 5.41) is 0. The van der Waals surface area contributed by atoms with Crippen LogP contribution in [-0.4, -0.2) is 114 Å². The molecule has 0 amide bonds. The summed E-state index contributed by atoms with van der Waals surface area (Å²) < 4.78 is 91.4. The number of unbranched alkanes of at least 4 members (excludes halogenated alkanes) is 52. The third kappa shape index (κ3) is 64.3. The van der Waals surface area contributed by atoms with E-state index in [4.69, 9.17) is 18.9 Å². The first kappa shape index (κ1) is 105. The molecule has 0 saturated carbocycles. The number of allylic oxidation sites excluding steroid dienone is 8. The quantitative estimate of drug-likeness (QED) is 0.0150. The number of carbonyl (C=O) groups excluding carboxylic acids is 4. The van der Waals surface area contributed by atoms with Crippen molar-refractivity contribution >= 4 is 81.9 Å². The Morgan fingerprint density at radius 1 is 0.248 bits per heavy atom. The van der Waals surface area contributed by atoms with E-state index < -0.39 is 53.9 Å².